The first-order valence-corrected chi connectivity index (χ1v) is 8.15. The number of carbonyl (C=O) groups is 2. The molecule has 2 rings (SSSR count). The number of nitrogens with zero attached hydrogens (tertiary/aromatic N) is 1. The zero-order valence-corrected chi connectivity index (χ0v) is 17.2. The maximum absolute atomic E-state index is 12.0. The Balaban J connectivity index is 0. The summed E-state index contributed by atoms with van der Waals surface area (Å²) in [7, 11) is 0. The second-order valence-electron chi connectivity index (χ2n) is 6.27. The van der Waals surface area contributed by atoms with Crippen LogP contribution in [0.4, 0.5) is 0 Å². The second-order valence-corrected chi connectivity index (χ2v) is 6.27. The summed E-state index contributed by atoms with van der Waals surface area (Å²) >= 11 is 0. The first-order valence-electron chi connectivity index (χ1n) is 8.15. The average molecular weight is 386 g/mol. The Morgan fingerprint density at radius 1 is 1.24 bits per heavy atom. The van der Waals surface area contributed by atoms with Gasteiger partial charge in [0, 0.05) is 25.1 Å². The molecular formula is C19H31N2O3V-. The molecule has 1 fully saturated rings. The minimum absolute atomic E-state index is 0. The molecule has 141 valence electrons. The number of hydrogen-bond donors (Lipinski definition) is 1. The molecule has 5 nitrogen and oxygen atoms in total. The standard InChI is InChI=1S/C14H18N2O3.C4H10.CH3.V/c15-9-13(17)16-8-4-7-12(16)14(18)19-10-11-5-2-1-3-6-11;1-4(2)3;;/h1-3,5-6,12H,4,7-10,15H2;4H,1-3H3;1H3;/q;;-1;. The Hall–Kier alpha value is -1.30. The minimum Gasteiger partial charge on any atom is -0.459 e. The van der Waals surface area contributed by atoms with Crippen LogP contribution in [0.5, 0.6) is 0 Å². The van der Waals surface area contributed by atoms with Gasteiger partial charge in [0.15, 0.2) is 0 Å². The van der Waals surface area contributed by atoms with Gasteiger partial charge in [-0.1, -0.05) is 51.1 Å². The third-order valence-electron chi connectivity index (χ3n) is 3.24. The van der Waals surface area contributed by atoms with Gasteiger partial charge in [-0.15, -0.1) is 0 Å². The van der Waals surface area contributed by atoms with Gasteiger partial charge in [0.1, 0.15) is 12.6 Å². The Labute approximate surface area is 164 Å². The molecule has 1 heterocycles. The fraction of sp³-hybridized carbons (Fsp3) is 0.526. The van der Waals surface area contributed by atoms with Crippen molar-refractivity contribution in [3.8, 4) is 0 Å². The van der Waals surface area contributed by atoms with Gasteiger partial charge in [0.05, 0.1) is 6.54 Å². The van der Waals surface area contributed by atoms with E-state index in [1.807, 2.05) is 30.3 Å². The summed E-state index contributed by atoms with van der Waals surface area (Å²) in [6.07, 6.45) is 1.47. The summed E-state index contributed by atoms with van der Waals surface area (Å²) in [6, 6.07) is 9.01. The summed E-state index contributed by atoms with van der Waals surface area (Å²) in [5, 5.41) is 0. The molecule has 1 aliphatic heterocycles. The van der Waals surface area contributed by atoms with Gasteiger partial charge in [-0.3, -0.25) is 4.79 Å². The summed E-state index contributed by atoms with van der Waals surface area (Å²) in [5.74, 6) is 0.294. The Morgan fingerprint density at radius 2 is 1.80 bits per heavy atom. The van der Waals surface area contributed by atoms with Gasteiger partial charge < -0.3 is 22.8 Å². The largest absolute Gasteiger partial charge is 0.459 e. The molecule has 0 aliphatic carbocycles. The maximum Gasteiger partial charge on any atom is 0.329 e. The molecule has 0 aromatic heterocycles. The number of carbonyl (C=O) groups excluding carboxylic acids is 2. The molecule has 1 radical (unpaired) electrons. The van der Waals surface area contributed by atoms with Crippen molar-refractivity contribution in [1.29, 1.82) is 0 Å². The predicted molar refractivity (Wildman–Crippen MR) is 97.0 cm³/mol. The van der Waals surface area contributed by atoms with Crippen molar-refractivity contribution >= 4 is 11.9 Å². The van der Waals surface area contributed by atoms with Crippen LogP contribution in [0.2, 0.25) is 0 Å². The maximum atomic E-state index is 12.0. The molecule has 0 bridgehead atoms. The van der Waals surface area contributed by atoms with Crippen LogP contribution in [0.3, 0.4) is 0 Å². The van der Waals surface area contributed by atoms with Gasteiger partial charge in [-0.05, 0) is 24.3 Å². The molecule has 1 unspecified atom stereocenters. The molecule has 1 aliphatic rings. The van der Waals surface area contributed by atoms with E-state index < -0.39 is 6.04 Å². The van der Waals surface area contributed by atoms with Crippen molar-refractivity contribution in [2.24, 2.45) is 11.7 Å². The molecule has 0 spiro atoms. The third kappa shape index (κ3) is 9.68. The van der Waals surface area contributed by atoms with E-state index in [4.69, 9.17) is 10.5 Å². The molecule has 1 amide bonds. The SMILES string of the molecule is CC(C)C.NCC(=O)N1CCCC1C(=O)OCc1ccccc1.[CH3-].[V]. The molecule has 1 aromatic carbocycles. The first-order chi connectivity index (χ1) is 11.0. The van der Waals surface area contributed by atoms with Crippen molar-refractivity contribution < 1.29 is 32.9 Å². The normalized spacial score (nSPS) is 15.4. The van der Waals surface area contributed by atoms with E-state index in [1.165, 1.54) is 4.90 Å². The fourth-order valence-electron chi connectivity index (χ4n) is 2.25. The van der Waals surface area contributed by atoms with Gasteiger partial charge in [-0.2, -0.15) is 0 Å². The predicted octanol–water partition coefficient (Wildman–Crippen LogP) is 2.79. The monoisotopic (exact) mass is 386 g/mol. The van der Waals surface area contributed by atoms with Crippen molar-refractivity contribution in [3.05, 3.63) is 43.3 Å². The topological polar surface area (TPSA) is 72.6 Å². The number of benzene rings is 1. The molecule has 0 saturated carbocycles. The molecular weight excluding hydrogens is 355 g/mol. The first kappa shape index (κ1) is 25.9. The molecule has 1 aromatic rings. The van der Waals surface area contributed by atoms with Gasteiger partial charge in [0.2, 0.25) is 5.91 Å². The summed E-state index contributed by atoms with van der Waals surface area (Å²) in [6.45, 7) is 7.25. The van der Waals surface area contributed by atoms with Gasteiger partial charge in [-0.25, -0.2) is 4.79 Å². The number of likely N-dealkylation sites (tertiary alicyclic amines) is 1. The third-order valence-corrected chi connectivity index (χ3v) is 3.24. The summed E-state index contributed by atoms with van der Waals surface area (Å²) in [4.78, 5) is 25.1. The van der Waals surface area contributed by atoms with Crippen LogP contribution >= 0.6 is 0 Å². The van der Waals surface area contributed by atoms with Crippen LogP contribution in [0.15, 0.2) is 30.3 Å². The van der Waals surface area contributed by atoms with E-state index >= 15 is 0 Å². The number of hydrogen-bond acceptors (Lipinski definition) is 4. The van der Waals surface area contributed by atoms with E-state index in [-0.39, 0.29) is 51.0 Å². The van der Waals surface area contributed by atoms with Crippen molar-refractivity contribution in [2.45, 2.75) is 46.3 Å². The van der Waals surface area contributed by atoms with Gasteiger partial charge >= 0.3 is 5.97 Å². The Kier molecular flexibility index (Phi) is 14.5. The quantitative estimate of drug-likeness (QED) is 0.638. The van der Waals surface area contributed by atoms with E-state index in [0.29, 0.717) is 13.0 Å². The van der Waals surface area contributed by atoms with E-state index in [1.54, 1.807) is 0 Å². The minimum atomic E-state index is -0.472. The van der Waals surface area contributed by atoms with Crippen LogP contribution in [0.25, 0.3) is 0 Å². The molecule has 1 saturated heterocycles. The van der Waals surface area contributed by atoms with Crippen molar-refractivity contribution in [3.63, 3.8) is 0 Å². The average Bonchev–Trinajstić information content (AvgIpc) is 3.02. The molecule has 6 heteroatoms. The Morgan fingerprint density at radius 3 is 2.32 bits per heavy atom. The van der Waals surface area contributed by atoms with Crippen molar-refractivity contribution in [2.75, 3.05) is 13.1 Å². The summed E-state index contributed by atoms with van der Waals surface area (Å²) < 4.78 is 5.26. The van der Waals surface area contributed by atoms with E-state index in [0.717, 1.165) is 17.9 Å². The molecule has 1 atom stereocenters. The van der Waals surface area contributed by atoms with Crippen LogP contribution in [-0.2, 0) is 39.5 Å². The zero-order valence-electron chi connectivity index (χ0n) is 15.8. The number of ether oxygens (including phenoxy) is 1. The van der Waals surface area contributed by atoms with Gasteiger partial charge in [0.25, 0.3) is 0 Å². The smallest absolute Gasteiger partial charge is 0.329 e. The van der Waals surface area contributed by atoms with Crippen LogP contribution < -0.4 is 5.73 Å². The van der Waals surface area contributed by atoms with E-state index in [9.17, 15) is 9.59 Å². The molecule has 2 N–H and O–H groups in total. The van der Waals surface area contributed by atoms with Crippen LogP contribution in [-0.4, -0.2) is 35.9 Å². The van der Waals surface area contributed by atoms with Crippen LogP contribution in [0, 0.1) is 13.3 Å². The zero-order chi connectivity index (χ0) is 17.2. The number of nitrogens with two attached hydrogens (primary N) is 1. The van der Waals surface area contributed by atoms with Crippen molar-refractivity contribution in [1.82, 2.24) is 4.90 Å². The number of rotatable bonds is 4. The fourth-order valence-corrected chi connectivity index (χ4v) is 2.25. The molecule has 25 heavy (non-hydrogen) atoms. The second kappa shape index (κ2) is 13.9. The number of esters is 1. The Bertz CT molecular complexity index is 492. The van der Waals surface area contributed by atoms with Crippen LogP contribution in [0.1, 0.15) is 39.2 Å². The summed E-state index contributed by atoms with van der Waals surface area (Å²) in [5.41, 5.74) is 6.27. The number of amides is 1. The van der Waals surface area contributed by atoms with E-state index in [2.05, 4.69) is 20.8 Å².